The summed E-state index contributed by atoms with van der Waals surface area (Å²) in [5, 5.41) is 3.39. The molecule has 0 bridgehead atoms. The number of nitrogens with one attached hydrogen (secondary N) is 1. The van der Waals surface area contributed by atoms with Crippen LogP contribution in [0.25, 0.3) is 0 Å². The van der Waals surface area contributed by atoms with E-state index in [9.17, 15) is 4.79 Å². The van der Waals surface area contributed by atoms with Gasteiger partial charge in [-0.2, -0.15) is 0 Å². The second-order valence-electron chi connectivity index (χ2n) is 8.65. The van der Waals surface area contributed by atoms with Gasteiger partial charge in [-0.05, 0) is 43.1 Å². The molecule has 6 nitrogen and oxygen atoms in total. The molecule has 3 aliphatic heterocycles. The number of carbonyl (C=O) groups excluding carboxylic acids is 1. The van der Waals surface area contributed by atoms with Crippen LogP contribution in [0.5, 0.6) is 0 Å². The molecule has 0 aromatic heterocycles. The van der Waals surface area contributed by atoms with Crippen LogP contribution in [-0.4, -0.2) is 61.1 Å². The van der Waals surface area contributed by atoms with Gasteiger partial charge in [0.15, 0.2) is 6.23 Å². The molecule has 164 valence electrons. The summed E-state index contributed by atoms with van der Waals surface area (Å²) < 4.78 is 11.8. The maximum absolute atomic E-state index is 13.2. The van der Waals surface area contributed by atoms with Gasteiger partial charge in [0.05, 0.1) is 19.8 Å². The highest BCUT2D eigenvalue weighted by Crippen LogP contribution is 2.38. The normalized spacial score (nSPS) is 22.6. The van der Waals surface area contributed by atoms with Crippen LogP contribution in [0.3, 0.4) is 0 Å². The molecule has 2 fully saturated rings. The molecule has 2 aromatic carbocycles. The van der Waals surface area contributed by atoms with Crippen molar-refractivity contribution in [3.05, 3.63) is 70.8 Å². The predicted molar refractivity (Wildman–Crippen MR) is 119 cm³/mol. The Morgan fingerprint density at radius 1 is 0.968 bits per heavy atom. The maximum atomic E-state index is 13.2. The molecule has 0 aliphatic carbocycles. The van der Waals surface area contributed by atoms with Gasteiger partial charge in [0.25, 0.3) is 5.91 Å². The molecule has 0 spiro atoms. The van der Waals surface area contributed by atoms with E-state index in [1.165, 1.54) is 5.56 Å². The van der Waals surface area contributed by atoms with Crippen molar-refractivity contribution in [3.8, 4) is 0 Å². The molecule has 3 aliphatic rings. The Morgan fingerprint density at radius 3 is 2.45 bits per heavy atom. The number of nitrogens with zero attached hydrogens (tertiary/aromatic N) is 2. The fourth-order valence-electron chi connectivity index (χ4n) is 4.85. The fourth-order valence-corrected chi connectivity index (χ4v) is 4.85. The van der Waals surface area contributed by atoms with E-state index in [0.29, 0.717) is 6.61 Å². The second-order valence-corrected chi connectivity index (χ2v) is 8.65. The molecule has 2 saturated heterocycles. The third-order valence-electron chi connectivity index (χ3n) is 6.59. The van der Waals surface area contributed by atoms with Crippen molar-refractivity contribution in [2.24, 2.45) is 0 Å². The summed E-state index contributed by atoms with van der Waals surface area (Å²) in [5.41, 5.74) is 4.22. The Hall–Kier alpha value is -2.25. The van der Waals surface area contributed by atoms with Crippen LogP contribution in [0.1, 0.15) is 46.1 Å². The third kappa shape index (κ3) is 4.53. The molecule has 31 heavy (non-hydrogen) atoms. The van der Waals surface area contributed by atoms with Gasteiger partial charge in [0, 0.05) is 36.8 Å². The lowest BCUT2D eigenvalue weighted by molar-refractivity contribution is -0.0679. The van der Waals surface area contributed by atoms with E-state index in [1.54, 1.807) is 0 Å². The number of hydrogen-bond donors (Lipinski definition) is 1. The monoisotopic (exact) mass is 421 g/mol. The number of piperidine rings is 1. The van der Waals surface area contributed by atoms with Crippen molar-refractivity contribution in [1.82, 2.24) is 15.1 Å². The Bertz CT molecular complexity index is 889. The van der Waals surface area contributed by atoms with Crippen molar-refractivity contribution in [1.29, 1.82) is 0 Å². The average molecular weight is 422 g/mol. The molecule has 2 aromatic rings. The highest BCUT2D eigenvalue weighted by molar-refractivity contribution is 5.99. The second kappa shape index (κ2) is 9.49. The predicted octanol–water partition coefficient (Wildman–Crippen LogP) is 2.94. The minimum absolute atomic E-state index is 0.105. The lowest BCUT2D eigenvalue weighted by Gasteiger charge is -2.35. The van der Waals surface area contributed by atoms with E-state index in [1.807, 2.05) is 29.2 Å². The van der Waals surface area contributed by atoms with Crippen molar-refractivity contribution in [3.63, 3.8) is 0 Å². The third-order valence-corrected chi connectivity index (χ3v) is 6.59. The number of amides is 1. The molecule has 1 N–H and O–H groups in total. The Morgan fingerprint density at radius 2 is 1.68 bits per heavy atom. The van der Waals surface area contributed by atoms with E-state index < -0.39 is 0 Å². The standard InChI is InChI=1S/C25H31N3O3/c29-24-22-3-1-2-4-23(22)25(28(24)21-9-11-26-12-10-21)31-18-20-7-5-19(6-8-20)17-27-13-15-30-16-14-27/h1-8,21,25-26H,9-18H2. The van der Waals surface area contributed by atoms with Crippen LogP contribution >= 0.6 is 0 Å². The number of morpholine rings is 1. The van der Waals surface area contributed by atoms with Crippen LogP contribution in [0, 0.1) is 0 Å². The van der Waals surface area contributed by atoms with E-state index in [-0.39, 0.29) is 18.2 Å². The van der Waals surface area contributed by atoms with Gasteiger partial charge in [0.1, 0.15) is 0 Å². The first-order chi connectivity index (χ1) is 15.3. The van der Waals surface area contributed by atoms with Crippen LogP contribution in [0.4, 0.5) is 0 Å². The molecule has 0 saturated carbocycles. The van der Waals surface area contributed by atoms with E-state index in [2.05, 4.69) is 34.5 Å². The van der Waals surface area contributed by atoms with Crippen molar-refractivity contribution >= 4 is 5.91 Å². The van der Waals surface area contributed by atoms with E-state index in [0.717, 1.165) is 75.5 Å². The summed E-state index contributed by atoms with van der Waals surface area (Å²) in [4.78, 5) is 17.6. The van der Waals surface area contributed by atoms with Gasteiger partial charge in [-0.25, -0.2) is 0 Å². The number of ether oxygens (including phenoxy) is 2. The van der Waals surface area contributed by atoms with Gasteiger partial charge in [-0.15, -0.1) is 0 Å². The van der Waals surface area contributed by atoms with Gasteiger partial charge >= 0.3 is 0 Å². The zero-order valence-electron chi connectivity index (χ0n) is 18.0. The van der Waals surface area contributed by atoms with Crippen LogP contribution in [0.15, 0.2) is 48.5 Å². The average Bonchev–Trinajstić information content (AvgIpc) is 3.11. The maximum Gasteiger partial charge on any atom is 0.256 e. The van der Waals surface area contributed by atoms with Crippen LogP contribution in [-0.2, 0) is 22.6 Å². The van der Waals surface area contributed by atoms with Gasteiger partial charge < -0.3 is 19.7 Å². The zero-order chi connectivity index (χ0) is 21.0. The number of fused-ring (bicyclic) bond motifs is 1. The minimum Gasteiger partial charge on any atom is -0.379 e. The zero-order valence-corrected chi connectivity index (χ0v) is 18.0. The molecule has 3 heterocycles. The Labute approximate surface area is 184 Å². The summed E-state index contributed by atoms with van der Waals surface area (Å²) >= 11 is 0. The van der Waals surface area contributed by atoms with Crippen LogP contribution in [0.2, 0.25) is 0 Å². The molecule has 0 radical (unpaired) electrons. The molecule has 5 rings (SSSR count). The molecule has 6 heteroatoms. The summed E-state index contributed by atoms with van der Waals surface area (Å²) in [7, 11) is 0. The molecule has 1 amide bonds. The quantitative estimate of drug-likeness (QED) is 0.777. The van der Waals surface area contributed by atoms with Gasteiger partial charge in [0.2, 0.25) is 0 Å². The summed E-state index contributed by atoms with van der Waals surface area (Å²) in [6, 6.07) is 16.8. The topological polar surface area (TPSA) is 54.0 Å². The number of rotatable bonds is 6. The Kier molecular flexibility index (Phi) is 6.32. The molecule has 1 atom stereocenters. The van der Waals surface area contributed by atoms with Crippen LogP contribution < -0.4 is 5.32 Å². The highest BCUT2D eigenvalue weighted by atomic mass is 16.5. The molecule has 1 unspecified atom stereocenters. The SMILES string of the molecule is O=C1c2ccccc2C(OCc2ccc(CN3CCOCC3)cc2)N1C1CCNCC1. The Balaban J connectivity index is 1.27. The number of benzene rings is 2. The number of hydrogen-bond acceptors (Lipinski definition) is 5. The summed E-state index contributed by atoms with van der Waals surface area (Å²) in [5.74, 6) is 0.105. The van der Waals surface area contributed by atoms with Gasteiger partial charge in [-0.1, -0.05) is 42.5 Å². The van der Waals surface area contributed by atoms with Crippen molar-refractivity contribution in [2.75, 3.05) is 39.4 Å². The first-order valence-electron chi connectivity index (χ1n) is 11.4. The fraction of sp³-hybridized carbons (Fsp3) is 0.480. The van der Waals surface area contributed by atoms with Gasteiger partial charge in [-0.3, -0.25) is 9.69 Å². The lowest BCUT2D eigenvalue weighted by Crippen LogP contribution is -2.45. The van der Waals surface area contributed by atoms with E-state index in [4.69, 9.17) is 9.47 Å². The first-order valence-corrected chi connectivity index (χ1v) is 11.4. The summed E-state index contributed by atoms with van der Waals surface area (Å²) in [6.45, 7) is 6.97. The summed E-state index contributed by atoms with van der Waals surface area (Å²) in [6.07, 6.45) is 1.63. The number of carbonyl (C=O) groups is 1. The highest BCUT2D eigenvalue weighted by Gasteiger charge is 2.41. The van der Waals surface area contributed by atoms with Crippen molar-refractivity contribution in [2.45, 2.75) is 38.3 Å². The largest absolute Gasteiger partial charge is 0.379 e. The molecular formula is C25H31N3O3. The minimum atomic E-state index is -0.306. The smallest absolute Gasteiger partial charge is 0.256 e. The lowest BCUT2D eigenvalue weighted by atomic mass is 10.0. The van der Waals surface area contributed by atoms with Crippen molar-refractivity contribution < 1.29 is 14.3 Å². The first kappa shape index (κ1) is 20.6. The van der Waals surface area contributed by atoms with E-state index >= 15 is 0 Å². The molecular weight excluding hydrogens is 390 g/mol.